The SMILES string of the molecule is CCCCNC(=O)[C@@H](Cc1ccccc1)N(Cc1ccccc1F)C(=O)CCCN(c1ccc2c(c1)OCCO2)S(C)(=O)=O. The van der Waals surface area contributed by atoms with Crippen molar-refractivity contribution in [2.45, 2.75) is 51.6 Å². The Balaban J connectivity index is 1.57. The highest BCUT2D eigenvalue weighted by Gasteiger charge is 2.31. The first-order valence-electron chi connectivity index (χ1n) is 14.9. The van der Waals surface area contributed by atoms with Crippen molar-refractivity contribution >= 4 is 27.5 Å². The molecule has 3 aromatic carbocycles. The fourth-order valence-electron chi connectivity index (χ4n) is 5.06. The van der Waals surface area contributed by atoms with E-state index in [9.17, 15) is 22.4 Å². The van der Waals surface area contributed by atoms with Gasteiger partial charge >= 0.3 is 0 Å². The van der Waals surface area contributed by atoms with Gasteiger partial charge in [0.15, 0.2) is 11.5 Å². The van der Waals surface area contributed by atoms with Gasteiger partial charge in [0.25, 0.3) is 0 Å². The van der Waals surface area contributed by atoms with Gasteiger partial charge in [0, 0.05) is 44.1 Å². The monoisotopic (exact) mass is 625 g/mol. The van der Waals surface area contributed by atoms with Gasteiger partial charge in [0.2, 0.25) is 21.8 Å². The Morgan fingerprint density at radius 1 is 0.955 bits per heavy atom. The number of rotatable bonds is 15. The van der Waals surface area contributed by atoms with Crippen LogP contribution in [0.4, 0.5) is 10.1 Å². The van der Waals surface area contributed by atoms with Crippen LogP contribution in [0.25, 0.3) is 0 Å². The smallest absolute Gasteiger partial charge is 0.243 e. The Hall–Kier alpha value is -4.12. The summed E-state index contributed by atoms with van der Waals surface area (Å²) in [7, 11) is -3.70. The second-order valence-electron chi connectivity index (χ2n) is 10.7. The molecule has 1 heterocycles. The topological polar surface area (TPSA) is 105 Å². The lowest BCUT2D eigenvalue weighted by atomic mass is 10.0. The Morgan fingerprint density at radius 2 is 1.66 bits per heavy atom. The summed E-state index contributed by atoms with van der Waals surface area (Å²) in [6.07, 6.45) is 3.13. The quantitative estimate of drug-likeness (QED) is 0.246. The minimum absolute atomic E-state index is 0.0177. The number of benzene rings is 3. The molecule has 0 radical (unpaired) electrons. The van der Waals surface area contributed by atoms with E-state index < -0.39 is 21.9 Å². The molecule has 0 aliphatic carbocycles. The number of nitrogens with zero attached hydrogens (tertiary/aromatic N) is 2. The van der Waals surface area contributed by atoms with Crippen molar-refractivity contribution in [3.63, 3.8) is 0 Å². The standard InChI is InChI=1S/C33H40FN3O6S/c1-3-4-18-35-33(39)29(22-25-11-6-5-7-12-25)36(24-26-13-8-9-14-28(26)34)32(38)15-10-19-37(44(2,40)41)27-16-17-30-31(23-27)43-21-20-42-30/h5-9,11-14,16-17,23,29H,3-4,10,15,18-22,24H2,1-2H3,(H,35,39)/t29-/m1/s1. The number of fused-ring (bicyclic) bond motifs is 1. The molecule has 0 bridgehead atoms. The van der Waals surface area contributed by atoms with Crippen LogP contribution in [-0.2, 0) is 32.6 Å². The molecule has 9 nitrogen and oxygen atoms in total. The van der Waals surface area contributed by atoms with Crippen molar-refractivity contribution < 1.29 is 31.9 Å². The van der Waals surface area contributed by atoms with Gasteiger partial charge in [-0.25, -0.2) is 12.8 Å². The van der Waals surface area contributed by atoms with Crippen LogP contribution < -0.4 is 19.1 Å². The van der Waals surface area contributed by atoms with Crippen molar-refractivity contribution in [2.75, 3.05) is 36.9 Å². The third-order valence-electron chi connectivity index (χ3n) is 7.37. The molecule has 1 aliphatic heterocycles. The van der Waals surface area contributed by atoms with Crippen LogP contribution in [0.3, 0.4) is 0 Å². The first-order valence-corrected chi connectivity index (χ1v) is 16.7. The molecule has 11 heteroatoms. The lowest BCUT2D eigenvalue weighted by Gasteiger charge is -2.32. The van der Waals surface area contributed by atoms with E-state index in [0.29, 0.717) is 36.9 Å². The second kappa shape index (κ2) is 15.6. The summed E-state index contributed by atoms with van der Waals surface area (Å²) in [5, 5.41) is 2.94. The summed E-state index contributed by atoms with van der Waals surface area (Å²) in [5.41, 5.74) is 1.54. The van der Waals surface area contributed by atoms with E-state index in [4.69, 9.17) is 9.47 Å². The minimum atomic E-state index is -3.70. The Labute approximate surface area is 259 Å². The van der Waals surface area contributed by atoms with Crippen LogP contribution in [0.15, 0.2) is 72.8 Å². The van der Waals surface area contributed by atoms with Crippen LogP contribution in [-0.4, -0.2) is 63.7 Å². The van der Waals surface area contributed by atoms with Gasteiger partial charge < -0.3 is 19.7 Å². The Bertz CT molecular complexity index is 1520. The van der Waals surface area contributed by atoms with Crippen molar-refractivity contribution in [2.24, 2.45) is 0 Å². The summed E-state index contributed by atoms with van der Waals surface area (Å²) in [6, 6.07) is 19.6. The summed E-state index contributed by atoms with van der Waals surface area (Å²) in [4.78, 5) is 28.9. The van der Waals surface area contributed by atoms with E-state index in [0.717, 1.165) is 24.7 Å². The van der Waals surface area contributed by atoms with E-state index in [1.807, 2.05) is 37.3 Å². The molecule has 0 fully saturated rings. The van der Waals surface area contributed by atoms with E-state index in [1.54, 1.807) is 36.4 Å². The number of sulfonamides is 1. The summed E-state index contributed by atoms with van der Waals surface area (Å²) in [5.74, 6) is -0.185. The third-order valence-corrected chi connectivity index (χ3v) is 8.56. The second-order valence-corrected chi connectivity index (χ2v) is 12.6. The molecule has 0 saturated carbocycles. The molecule has 1 atom stereocenters. The zero-order valence-corrected chi connectivity index (χ0v) is 26.0. The molecule has 44 heavy (non-hydrogen) atoms. The lowest BCUT2D eigenvalue weighted by Crippen LogP contribution is -2.50. The molecule has 236 valence electrons. The fraction of sp³-hybridized carbons (Fsp3) is 0.394. The summed E-state index contributed by atoms with van der Waals surface area (Å²) in [6.45, 7) is 3.16. The maximum Gasteiger partial charge on any atom is 0.243 e. The number of amides is 2. The number of halogens is 1. The Morgan fingerprint density at radius 3 is 2.36 bits per heavy atom. The van der Waals surface area contributed by atoms with Gasteiger partial charge in [0.05, 0.1) is 11.9 Å². The predicted molar refractivity (Wildman–Crippen MR) is 168 cm³/mol. The summed E-state index contributed by atoms with van der Waals surface area (Å²) >= 11 is 0. The van der Waals surface area contributed by atoms with E-state index in [1.165, 1.54) is 15.3 Å². The number of carbonyl (C=O) groups is 2. The molecule has 0 unspecified atom stereocenters. The molecule has 3 aromatic rings. The molecular weight excluding hydrogens is 585 g/mol. The third kappa shape index (κ3) is 8.95. The van der Waals surface area contributed by atoms with E-state index in [2.05, 4.69) is 5.32 Å². The predicted octanol–water partition coefficient (Wildman–Crippen LogP) is 4.70. The van der Waals surface area contributed by atoms with Crippen LogP contribution in [0.5, 0.6) is 11.5 Å². The highest BCUT2D eigenvalue weighted by Crippen LogP contribution is 2.35. The van der Waals surface area contributed by atoms with Crippen molar-refractivity contribution in [3.05, 3.63) is 89.7 Å². The van der Waals surface area contributed by atoms with Crippen LogP contribution >= 0.6 is 0 Å². The highest BCUT2D eigenvalue weighted by atomic mass is 32.2. The zero-order valence-electron chi connectivity index (χ0n) is 25.2. The largest absolute Gasteiger partial charge is 0.486 e. The minimum Gasteiger partial charge on any atom is -0.486 e. The number of unbranched alkanes of at least 4 members (excludes halogenated alkanes) is 1. The number of hydrogen-bond donors (Lipinski definition) is 1. The van der Waals surface area contributed by atoms with Gasteiger partial charge in [-0.1, -0.05) is 61.9 Å². The molecule has 1 aliphatic rings. The maximum absolute atomic E-state index is 14.8. The van der Waals surface area contributed by atoms with Crippen LogP contribution in [0.1, 0.15) is 43.7 Å². The average molecular weight is 626 g/mol. The molecule has 0 spiro atoms. The Kier molecular flexibility index (Phi) is 11.6. The van der Waals surface area contributed by atoms with Gasteiger partial charge in [-0.05, 0) is 36.6 Å². The molecule has 4 rings (SSSR count). The van der Waals surface area contributed by atoms with E-state index >= 15 is 0 Å². The molecule has 0 aromatic heterocycles. The number of nitrogens with one attached hydrogen (secondary N) is 1. The number of ether oxygens (including phenoxy) is 2. The van der Waals surface area contributed by atoms with Gasteiger partial charge in [-0.3, -0.25) is 13.9 Å². The van der Waals surface area contributed by atoms with Gasteiger partial charge in [-0.15, -0.1) is 0 Å². The van der Waals surface area contributed by atoms with Crippen molar-refractivity contribution in [1.29, 1.82) is 0 Å². The summed E-state index contributed by atoms with van der Waals surface area (Å²) < 4.78 is 52.8. The number of hydrogen-bond acceptors (Lipinski definition) is 6. The molecule has 2 amide bonds. The normalized spacial score (nSPS) is 13.2. The first kappa shape index (κ1) is 32.8. The first-order chi connectivity index (χ1) is 21.2. The molecule has 0 saturated heterocycles. The zero-order chi connectivity index (χ0) is 31.5. The van der Waals surface area contributed by atoms with E-state index in [-0.39, 0.29) is 49.7 Å². The number of anilines is 1. The van der Waals surface area contributed by atoms with Crippen LogP contribution in [0, 0.1) is 5.82 Å². The highest BCUT2D eigenvalue weighted by molar-refractivity contribution is 7.92. The average Bonchev–Trinajstić information content (AvgIpc) is 3.01. The fourth-order valence-corrected chi connectivity index (χ4v) is 6.02. The van der Waals surface area contributed by atoms with Crippen LogP contribution in [0.2, 0.25) is 0 Å². The van der Waals surface area contributed by atoms with Crippen molar-refractivity contribution in [3.8, 4) is 11.5 Å². The maximum atomic E-state index is 14.8. The number of carbonyl (C=O) groups excluding carboxylic acids is 2. The van der Waals surface area contributed by atoms with Gasteiger partial charge in [0.1, 0.15) is 25.1 Å². The van der Waals surface area contributed by atoms with Crippen molar-refractivity contribution in [1.82, 2.24) is 10.2 Å². The molecule has 1 N–H and O–H groups in total. The molecular formula is C33H40FN3O6S. The lowest BCUT2D eigenvalue weighted by molar-refractivity contribution is -0.141. The van der Waals surface area contributed by atoms with Gasteiger partial charge in [-0.2, -0.15) is 0 Å².